The molecule has 1 N–H and O–H groups in total. The Labute approximate surface area is 209 Å². The Morgan fingerprint density at radius 2 is 1.54 bits per heavy atom. The van der Waals surface area contributed by atoms with Crippen LogP contribution in [0.5, 0.6) is 5.75 Å². The lowest BCUT2D eigenvalue weighted by Crippen LogP contribution is -2.54. The van der Waals surface area contributed by atoms with Crippen LogP contribution in [0, 0.1) is 0 Å². The van der Waals surface area contributed by atoms with E-state index in [4.69, 9.17) is 4.74 Å². The van der Waals surface area contributed by atoms with Crippen LogP contribution in [0.25, 0.3) is 0 Å². The third kappa shape index (κ3) is 8.28. The van der Waals surface area contributed by atoms with Crippen molar-refractivity contribution in [2.45, 2.75) is 59.2 Å². The summed E-state index contributed by atoms with van der Waals surface area (Å²) in [6.45, 7) is 8.94. The number of carbonyl (C=O) groups excluding carboxylic acids is 2. The van der Waals surface area contributed by atoms with Crippen LogP contribution in [0.15, 0.2) is 48.5 Å². The van der Waals surface area contributed by atoms with E-state index in [1.54, 1.807) is 38.3 Å². The van der Waals surface area contributed by atoms with Crippen molar-refractivity contribution in [1.82, 2.24) is 10.2 Å². The molecule has 8 nitrogen and oxygen atoms in total. The second kappa shape index (κ2) is 11.6. The van der Waals surface area contributed by atoms with Gasteiger partial charge in [0.05, 0.1) is 19.1 Å². The fourth-order valence-electron chi connectivity index (χ4n) is 3.50. The predicted octanol–water partition coefficient (Wildman–Crippen LogP) is 3.36. The SMILES string of the molecule is CCc1ccc(N(CC(=O)N(Cc2ccc(OC)cc2)[C@H](C)C(=O)NC(C)(C)C)S(C)(=O)=O)cc1. The molecule has 0 radical (unpaired) electrons. The van der Waals surface area contributed by atoms with Crippen LogP contribution in [0.2, 0.25) is 0 Å². The third-order valence-electron chi connectivity index (χ3n) is 5.49. The van der Waals surface area contributed by atoms with Gasteiger partial charge in [0.2, 0.25) is 21.8 Å². The summed E-state index contributed by atoms with van der Waals surface area (Å²) in [5.41, 5.74) is 1.75. The van der Waals surface area contributed by atoms with E-state index >= 15 is 0 Å². The highest BCUT2D eigenvalue weighted by Gasteiger charge is 2.31. The van der Waals surface area contributed by atoms with E-state index in [9.17, 15) is 18.0 Å². The first-order chi connectivity index (χ1) is 16.2. The molecule has 0 aromatic heterocycles. The smallest absolute Gasteiger partial charge is 0.244 e. The lowest BCUT2D eigenvalue weighted by atomic mass is 10.1. The normalized spacial score (nSPS) is 12.5. The molecule has 0 aliphatic heterocycles. The number of benzene rings is 2. The van der Waals surface area contributed by atoms with E-state index < -0.39 is 34.1 Å². The molecular formula is C26H37N3O5S. The monoisotopic (exact) mass is 503 g/mol. The number of hydrogen-bond acceptors (Lipinski definition) is 5. The van der Waals surface area contributed by atoms with Gasteiger partial charge in [0.25, 0.3) is 0 Å². The maximum Gasteiger partial charge on any atom is 0.244 e. The van der Waals surface area contributed by atoms with Gasteiger partial charge in [-0.15, -0.1) is 0 Å². The van der Waals surface area contributed by atoms with Gasteiger partial charge in [-0.25, -0.2) is 8.42 Å². The number of amides is 2. The molecule has 0 aliphatic rings. The fraction of sp³-hybridized carbons (Fsp3) is 0.462. The number of nitrogens with zero attached hydrogens (tertiary/aromatic N) is 2. The van der Waals surface area contributed by atoms with E-state index in [1.165, 1.54) is 4.90 Å². The van der Waals surface area contributed by atoms with Gasteiger partial charge in [0.1, 0.15) is 18.3 Å². The molecule has 9 heteroatoms. The number of methoxy groups -OCH3 is 1. The molecule has 0 spiro atoms. The van der Waals surface area contributed by atoms with Crippen molar-refractivity contribution >= 4 is 27.5 Å². The number of sulfonamides is 1. The maximum absolute atomic E-state index is 13.6. The van der Waals surface area contributed by atoms with Gasteiger partial charge < -0.3 is 15.0 Å². The predicted molar refractivity (Wildman–Crippen MR) is 139 cm³/mol. The van der Waals surface area contributed by atoms with Crippen molar-refractivity contribution in [3.8, 4) is 5.75 Å². The standard InChI is InChI=1S/C26H37N3O5S/c1-8-20-9-13-22(14-10-20)29(35(7,32)33)18-24(30)28(19(2)25(31)27-26(3,4)5)17-21-11-15-23(34-6)16-12-21/h9-16,19H,8,17-18H2,1-7H3,(H,27,31)/t19-/m1/s1. The number of carbonyl (C=O) groups is 2. The molecule has 0 aliphatic carbocycles. The average molecular weight is 504 g/mol. The van der Waals surface area contributed by atoms with E-state index in [0.29, 0.717) is 11.4 Å². The van der Waals surface area contributed by atoms with Crippen molar-refractivity contribution < 1.29 is 22.7 Å². The highest BCUT2D eigenvalue weighted by atomic mass is 32.2. The first-order valence-corrected chi connectivity index (χ1v) is 13.4. The second-order valence-corrected chi connectivity index (χ2v) is 11.5. The Morgan fingerprint density at radius 1 is 1.00 bits per heavy atom. The van der Waals surface area contributed by atoms with Crippen molar-refractivity contribution in [3.63, 3.8) is 0 Å². The number of hydrogen-bond donors (Lipinski definition) is 1. The van der Waals surface area contributed by atoms with E-state index in [-0.39, 0.29) is 12.5 Å². The first kappa shape index (κ1) is 28.2. The minimum absolute atomic E-state index is 0.133. The Hall–Kier alpha value is -3.07. The molecular weight excluding hydrogens is 466 g/mol. The van der Waals surface area contributed by atoms with Gasteiger partial charge >= 0.3 is 0 Å². The van der Waals surface area contributed by atoms with E-state index in [0.717, 1.165) is 28.1 Å². The zero-order chi connectivity index (χ0) is 26.4. The summed E-state index contributed by atoms with van der Waals surface area (Å²) in [6, 6.07) is 13.4. The van der Waals surface area contributed by atoms with Crippen LogP contribution in [-0.4, -0.2) is 56.6 Å². The van der Waals surface area contributed by atoms with Gasteiger partial charge in [-0.05, 0) is 69.5 Å². The zero-order valence-corrected chi connectivity index (χ0v) is 22.5. The van der Waals surface area contributed by atoms with Gasteiger partial charge in [-0.2, -0.15) is 0 Å². The minimum Gasteiger partial charge on any atom is -0.497 e. The number of ether oxygens (including phenoxy) is 1. The Kier molecular flexibility index (Phi) is 9.31. The van der Waals surface area contributed by atoms with Crippen LogP contribution in [0.1, 0.15) is 45.7 Å². The summed E-state index contributed by atoms with van der Waals surface area (Å²) in [4.78, 5) is 27.9. The van der Waals surface area contributed by atoms with Gasteiger partial charge in [-0.3, -0.25) is 13.9 Å². The molecule has 2 aromatic rings. The molecule has 2 aromatic carbocycles. The summed E-state index contributed by atoms with van der Waals surface area (Å²) in [5.74, 6) is -0.135. The highest BCUT2D eigenvalue weighted by Crippen LogP contribution is 2.21. The second-order valence-electron chi connectivity index (χ2n) is 9.57. The van der Waals surface area contributed by atoms with Crippen LogP contribution in [0.3, 0.4) is 0 Å². The van der Waals surface area contributed by atoms with Crippen molar-refractivity contribution in [3.05, 3.63) is 59.7 Å². The molecule has 0 bridgehead atoms. The Morgan fingerprint density at radius 3 is 2.00 bits per heavy atom. The molecule has 192 valence electrons. The molecule has 0 unspecified atom stereocenters. The fourth-order valence-corrected chi connectivity index (χ4v) is 4.35. The lowest BCUT2D eigenvalue weighted by molar-refractivity contribution is -0.140. The van der Waals surface area contributed by atoms with Crippen molar-refractivity contribution in [2.75, 3.05) is 24.2 Å². The summed E-state index contributed by atoms with van der Waals surface area (Å²) < 4.78 is 31.5. The van der Waals surface area contributed by atoms with Crippen LogP contribution in [-0.2, 0) is 32.6 Å². The van der Waals surface area contributed by atoms with Crippen LogP contribution >= 0.6 is 0 Å². The molecule has 0 fully saturated rings. The van der Waals surface area contributed by atoms with Crippen LogP contribution < -0.4 is 14.4 Å². The van der Waals surface area contributed by atoms with Crippen molar-refractivity contribution in [2.24, 2.45) is 0 Å². The summed E-state index contributed by atoms with van der Waals surface area (Å²) >= 11 is 0. The van der Waals surface area contributed by atoms with Crippen molar-refractivity contribution in [1.29, 1.82) is 0 Å². The average Bonchev–Trinajstić information content (AvgIpc) is 2.79. The molecule has 0 saturated carbocycles. The topological polar surface area (TPSA) is 96.0 Å². The number of anilines is 1. The third-order valence-corrected chi connectivity index (χ3v) is 6.63. The summed E-state index contributed by atoms with van der Waals surface area (Å²) in [7, 11) is -2.19. The number of nitrogens with one attached hydrogen (secondary N) is 1. The Balaban J connectivity index is 2.39. The molecule has 2 rings (SSSR count). The van der Waals surface area contributed by atoms with Gasteiger partial charge in [0.15, 0.2) is 0 Å². The largest absolute Gasteiger partial charge is 0.497 e. The lowest BCUT2D eigenvalue weighted by Gasteiger charge is -2.33. The quantitative estimate of drug-likeness (QED) is 0.536. The molecule has 2 amide bonds. The molecule has 35 heavy (non-hydrogen) atoms. The van der Waals surface area contributed by atoms with E-state index in [2.05, 4.69) is 5.32 Å². The number of rotatable bonds is 10. The first-order valence-electron chi connectivity index (χ1n) is 11.6. The number of aryl methyl sites for hydroxylation is 1. The summed E-state index contributed by atoms with van der Waals surface area (Å²) in [6.07, 6.45) is 1.88. The minimum atomic E-state index is -3.75. The molecule has 0 heterocycles. The van der Waals surface area contributed by atoms with E-state index in [1.807, 2.05) is 52.0 Å². The zero-order valence-electron chi connectivity index (χ0n) is 21.7. The molecule has 0 saturated heterocycles. The highest BCUT2D eigenvalue weighted by molar-refractivity contribution is 7.92. The van der Waals surface area contributed by atoms with Gasteiger partial charge in [-0.1, -0.05) is 31.2 Å². The Bertz CT molecular complexity index is 1110. The van der Waals surface area contributed by atoms with Crippen LogP contribution in [0.4, 0.5) is 5.69 Å². The summed E-state index contributed by atoms with van der Waals surface area (Å²) in [5, 5.41) is 2.90. The van der Waals surface area contributed by atoms with Gasteiger partial charge in [0, 0.05) is 12.1 Å². The molecule has 1 atom stereocenters. The maximum atomic E-state index is 13.6.